The molecular formula is C22H24N6O4S2. The van der Waals surface area contributed by atoms with E-state index < -0.39 is 20.4 Å². The molecule has 1 saturated heterocycles. The molecule has 0 spiro atoms. The first kappa shape index (κ1) is 22.6. The van der Waals surface area contributed by atoms with Gasteiger partial charge in [0, 0.05) is 36.4 Å². The van der Waals surface area contributed by atoms with E-state index in [0.717, 1.165) is 17.6 Å². The Morgan fingerprint density at radius 2 is 1.62 bits per heavy atom. The van der Waals surface area contributed by atoms with Crippen LogP contribution in [0.5, 0.6) is 0 Å². The van der Waals surface area contributed by atoms with E-state index in [-0.39, 0.29) is 16.5 Å². The molecule has 0 atom stereocenters. The van der Waals surface area contributed by atoms with Crippen molar-refractivity contribution >= 4 is 48.9 Å². The van der Waals surface area contributed by atoms with Gasteiger partial charge < -0.3 is 10.2 Å². The molecule has 3 N–H and O–H groups in total. The van der Waals surface area contributed by atoms with Gasteiger partial charge in [-0.15, -0.1) is 0 Å². The molecule has 1 aliphatic heterocycles. The fourth-order valence-corrected chi connectivity index (χ4v) is 5.81. The van der Waals surface area contributed by atoms with Crippen LogP contribution in [0.15, 0.2) is 66.0 Å². The summed E-state index contributed by atoms with van der Waals surface area (Å²) in [5, 5.41) is 2.96. The van der Waals surface area contributed by atoms with Crippen molar-refractivity contribution in [3.63, 3.8) is 0 Å². The SMILES string of the molecule is CS(=O)(=O)c1nc(Nc2ccc(N3CCS(O)(O)CC3)cc2)nc2c1ncn2-c1ccccc1. The van der Waals surface area contributed by atoms with Crippen molar-refractivity contribution in [1.29, 1.82) is 0 Å². The molecule has 10 nitrogen and oxygen atoms in total. The Hall–Kier alpha value is -3.19. The van der Waals surface area contributed by atoms with E-state index in [1.165, 1.54) is 6.33 Å². The van der Waals surface area contributed by atoms with Crippen LogP contribution in [0.4, 0.5) is 17.3 Å². The van der Waals surface area contributed by atoms with E-state index in [4.69, 9.17) is 0 Å². The lowest BCUT2D eigenvalue weighted by Gasteiger charge is -2.41. The molecule has 34 heavy (non-hydrogen) atoms. The first-order valence-corrected chi connectivity index (χ1v) is 14.3. The number of fused-ring (bicyclic) bond motifs is 1. The molecule has 0 radical (unpaired) electrons. The fourth-order valence-electron chi connectivity index (χ4n) is 3.84. The van der Waals surface area contributed by atoms with Crippen LogP contribution in [0.2, 0.25) is 0 Å². The highest BCUT2D eigenvalue weighted by atomic mass is 32.3. The van der Waals surface area contributed by atoms with E-state index in [9.17, 15) is 17.5 Å². The number of benzene rings is 2. The molecule has 12 heteroatoms. The van der Waals surface area contributed by atoms with Crippen LogP contribution in [0.1, 0.15) is 0 Å². The van der Waals surface area contributed by atoms with Gasteiger partial charge in [0.15, 0.2) is 20.5 Å². The highest BCUT2D eigenvalue weighted by Crippen LogP contribution is 2.41. The average Bonchev–Trinajstić information content (AvgIpc) is 3.23. The fraction of sp³-hybridized carbons (Fsp3) is 0.227. The van der Waals surface area contributed by atoms with Crippen molar-refractivity contribution in [3.05, 3.63) is 60.9 Å². The minimum atomic E-state index is -3.66. The van der Waals surface area contributed by atoms with Crippen LogP contribution in [0.3, 0.4) is 0 Å². The van der Waals surface area contributed by atoms with E-state index in [2.05, 4.69) is 25.2 Å². The van der Waals surface area contributed by atoms with Crippen LogP contribution in [-0.4, -0.2) is 67.9 Å². The molecule has 1 aliphatic rings. The third kappa shape index (κ3) is 4.57. The Balaban J connectivity index is 1.47. The number of nitrogens with one attached hydrogen (secondary N) is 1. The van der Waals surface area contributed by atoms with Gasteiger partial charge in [0.05, 0.1) is 11.5 Å². The van der Waals surface area contributed by atoms with Crippen LogP contribution in [0.25, 0.3) is 16.9 Å². The lowest BCUT2D eigenvalue weighted by Crippen LogP contribution is -2.38. The maximum Gasteiger partial charge on any atom is 0.230 e. The summed E-state index contributed by atoms with van der Waals surface area (Å²) in [6.07, 6.45) is 2.64. The smallest absolute Gasteiger partial charge is 0.230 e. The summed E-state index contributed by atoms with van der Waals surface area (Å²) in [5.74, 6) is 0.874. The number of aromatic nitrogens is 4. The quantitative estimate of drug-likeness (QED) is 0.352. The third-order valence-corrected chi connectivity index (χ3v) is 8.27. The summed E-state index contributed by atoms with van der Waals surface area (Å²) in [6, 6.07) is 17.0. The van der Waals surface area contributed by atoms with Crippen molar-refractivity contribution in [2.24, 2.45) is 0 Å². The molecule has 0 bridgehead atoms. The summed E-state index contributed by atoms with van der Waals surface area (Å²) >= 11 is 0. The maximum absolute atomic E-state index is 12.5. The van der Waals surface area contributed by atoms with E-state index in [1.807, 2.05) is 54.6 Å². The van der Waals surface area contributed by atoms with Gasteiger partial charge in [-0.2, -0.15) is 20.6 Å². The second-order valence-corrected chi connectivity index (χ2v) is 12.5. The number of para-hydroxylation sites is 1. The molecule has 0 unspecified atom stereocenters. The molecule has 2 aromatic heterocycles. The van der Waals surface area contributed by atoms with E-state index in [0.29, 0.717) is 35.9 Å². The van der Waals surface area contributed by atoms with Crippen molar-refractivity contribution in [2.45, 2.75) is 5.03 Å². The van der Waals surface area contributed by atoms with Crippen LogP contribution < -0.4 is 10.2 Å². The number of hydrogen-bond donors (Lipinski definition) is 3. The lowest BCUT2D eigenvalue weighted by atomic mass is 10.2. The number of nitrogens with zero attached hydrogens (tertiary/aromatic N) is 5. The molecular weight excluding hydrogens is 476 g/mol. The molecule has 178 valence electrons. The molecule has 5 rings (SSSR count). The van der Waals surface area contributed by atoms with Gasteiger partial charge in [0.2, 0.25) is 5.95 Å². The zero-order valence-corrected chi connectivity index (χ0v) is 20.0. The zero-order chi connectivity index (χ0) is 23.9. The van der Waals surface area contributed by atoms with E-state index >= 15 is 0 Å². The highest BCUT2D eigenvalue weighted by molar-refractivity contribution is 8.24. The topological polar surface area (TPSA) is 133 Å². The number of anilines is 3. The predicted molar refractivity (Wildman–Crippen MR) is 134 cm³/mol. The molecule has 1 fully saturated rings. The van der Waals surface area contributed by atoms with Crippen LogP contribution in [-0.2, 0) is 9.84 Å². The van der Waals surface area contributed by atoms with Crippen molar-refractivity contribution < 1.29 is 17.5 Å². The molecule has 0 aliphatic carbocycles. The monoisotopic (exact) mass is 500 g/mol. The Kier molecular flexibility index (Phi) is 5.68. The van der Waals surface area contributed by atoms with Gasteiger partial charge in [-0.3, -0.25) is 13.7 Å². The highest BCUT2D eigenvalue weighted by Gasteiger charge is 2.23. The summed E-state index contributed by atoms with van der Waals surface area (Å²) in [6.45, 7) is 1.16. The Morgan fingerprint density at radius 3 is 2.26 bits per heavy atom. The van der Waals surface area contributed by atoms with Crippen LogP contribution >= 0.6 is 10.6 Å². The largest absolute Gasteiger partial charge is 0.368 e. The Morgan fingerprint density at radius 1 is 0.941 bits per heavy atom. The Bertz CT molecular complexity index is 1430. The summed E-state index contributed by atoms with van der Waals surface area (Å²) in [7, 11) is -6.11. The second-order valence-electron chi connectivity index (χ2n) is 8.12. The first-order valence-electron chi connectivity index (χ1n) is 10.6. The molecule has 4 aromatic rings. The van der Waals surface area contributed by atoms with Crippen molar-refractivity contribution in [2.75, 3.05) is 41.1 Å². The molecule has 3 heterocycles. The first-order chi connectivity index (χ1) is 16.2. The van der Waals surface area contributed by atoms with E-state index in [1.54, 1.807) is 4.57 Å². The number of hydrogen-bond acceptors (Lipinski definition) is 9. The van der Waals surface area contributed by atoms with Crippen molar-refractivity contribution in [1.82, 2.24) is 19.5 Å². The van der Waals surface area contributed by atoms with Gasteiger partial charge >= 0.3 is 0 Å². The number of sulfone groups is 1. The summed E-state index contributed by atoms with van der Waals surface area (Å²) < 4.78 is 46.3. The van der Waals surface area contributed by atoms with Gasteiger partial charge in [-0.1, -0.05) is 18.2 Å². The molecule has 0 amide bonds. The minimum absolute atomic E-state index is 0.140. The molecule has 0 saturated carbocycles. The van der Waals surface area contributed by atoms with Gasteiger partial charge in [0.1, 0.15) is 11.8 Å². The predicted octanol–water partition coefficient (Wildman–Crippen LogP) is 3.53. The van der Waals surface area contributed by atoms with Crippen LogP contribution in [0, 0.1) is 0 Å². The maximum atomic E-state index is 12.5. The lowest BCUT2D eigenvalue weighted by molar-refractivity contribution is 0.479. The number of rotatable bonds is 5. The summed E-state index contributed by atoms with van der Waals surface area (Å²) in [5.41, 5.74) is 3.05. The van der Waals surface area contributed by atoms with Gasteiger partial charge in [-0.25, -0.2) is 13.4 Å². The minimum Gasteiger partial charge on any atom is -0.368 e. The third-order valence-electron chi connectivity index (χ3n) is 5.61. The van der Waals surface area contributed by atoms with Crippen molar-refractivity contribution in [3.8, 4) is 5.69 Å². The average molecular weight is 501 g/mol. The normalized spacial score (nSPS) is 17.0. The molecule has 2 aromatic carbocycles. The second kappa shape index (κ2) is 8.55. The van der Waals surface area contributed by atoms with Gasteiger partial charge in [-0.05, 0) is 36.4 Å². The Labute approximate surface area is 198 Å². The standard InChI is InChI=1S/C22H24N6O4S2/c1-33(29,30)21-19-20(28(15-23-19)18-5-3-2-4-6-18)25-22(26-21)24-16-7-9-17(10-8-16)27-11-13-34(31,32)14-12-27/h2-10,15,31-32H,11-14H2,1H3,(H,24,25,26). The summed E-state index contributed by atoms with van der Waals surface area (Å²) in [4.78, 5) is 15.2. The number of imidazole rings is 1. The van der Waals surface area contributed by atoms with Gasteiger partial charge in [0.25, 0.3) is 0 Å². The zero-order valence-electron chi connectivity index (χ0n) is 18.4.